The normalized spacial score (nSPS) is 17.4. The van der Waals surface area contributed by atoms with Crippen LogP contribution in [-0.4, -0.2) is 60.0 Å². The molecule has 9 heteroatoms. The molecule has 0 aliphatic carbocycles. The second-order valence-electron chi connectivity index (χ2n) is 8.95. The number of nitrogens with zero attached hydrogens (tertiary/aromatic N) is 2. The summed E-state index contributed by atoms with van der Waals surface area (Å²) in [7, 11) is 3.03. The molecule has 2 N–H and O–H groups in total. The first kappa shape index (κ1) is 24.0. The average molecular weight is 447 g/mol. The summed E-state index contributed by atoms with van der Waals surface area (Å²) in [4.78, 5) is 29.4. The van der Waals surface area contributed by atoms with Crippen LogP contribution < -0.4 is 10.6 Å². The topological polar surface area (TPSA) is 104 Å². The van der Waals surface area contributed by atoms with Gasteiger partial charge in [0.05, 0.1) is 42.9 Å². The number of nitrogens with one attached hydrogen (secondary N) is 2. The summed E-state index contributed by atoms with van der Waals surface area (Å²) >= 11 is 0. The molecule has 176 valence electrons. The van der Waals surface area contributed by atoms with Gasteiger partial charge in [-0.2, -0.15) is 0 Å². The Hall–Kier alpha value is -2.65. The third-order valence-electron chi connectivity index (χ3n) is 5.75. The van der Waals surface area contributed by atoms with E-state index in [0.717, 1.165) is 24.9 Å². The lowest BCUT2D eigenvalue weighted by molar-refractivity contribution is -0.114. The number of ether oxygens (including phenoxy) is 3. The van der Waals surface area contributed by atoms with Gasteiger partial charge in [-0.25, -0.2) is 9.78 Å². The van der Waals surface area contributed by atoms with E-state index in [1.54, 1.807) is 17.9 Å². The van der Waals surface area contributed by atoms with Gasteiger partial charge < -0.3 is 29.4 Å². The van der Waals surface area contributed by atoms with Gasteiger partial charge in [-0.3, -0.25) is 4.79 Å². The highest BCUT2D eigenvalue weighted by atomic mass is 16.5. The van der Waals surface area contributed by atoms with E-state index in [-0.39, 0.29) is 29.3 Å². The van der Waals surface area contributed by atoms with Gasteiger partial charge in [-0.15, -0.1) is 0 Å². The van der Waals surface area contributed by atoms with Gasteiger partial charge in [0.15, 0.2) is 5.69 Å². The highest BCUT2D eigenvalue weighted by Crippen LogP contribution is 2.34. The summed E-state index contributed by atoms with van der Waals surface area (Å²) < 4.78 is 18.2. The van der Waals surface area contributed by atoms with Crippen molar-refractivity contribution in [2.45, 2.75) is 71.2 Å². The Bertz CT molecular complexity index is 978. The quantitative estimate of drug-likeness (QED) is 0.568. The van der Waals surface area contributed by atoms with Crippen molar-refractivity contribution >= 4 is 34.3 Å². The largest absolute Gasteiger partial charge is 0.464 e. The van der Waals surface area contributed by atoms with E-state index >= 15 is 0 Å². The van der Waals surface area contributed by atoms with Crippen molar-refractivity contribution in [3.8, 4) is 0 Å². The first-order valence-electron chi connectivity index (χ1n) is 11.0. The zero-order chi connectivity index (χ0) is 23.5. The van der Waals surface area contributed by atoms with Crippen molar-refractivity contribution < 1.29 is 23.8 Å². The van der Waals surface area contributed by atoms with E-state index in [1.807, 2.05) is 19.9 Å². The molecule has 2 aromatic heterocycles. The fourth-order valence-electron chi connectivity index (χ4n) is 4.24. The number of hydrogen-bond donors (Lipinski definition) is 2. The lowest BCUT2D eigenvalue weighted by atomic mass is 10.00. The molecule has 9 nitrogen and oxygen atoms in total. The van der Waals surface area contributed by atoms with Crippen LogP contribution in [0.5, 0.6) is 0 Å². The van der Waals surface area contributed by atoms with Gasteiger partial charge in [-0.05, 0) is 46.1 Å². The lowest BCUT2D eigenvalue weighted by Crippen LogP contribution is -2.31. The van der Waals surface area contributed by atoms with Crippen molar-refractivity contribution in [3.63, 3.8) is 0 Å². The maximum absolute atomic E-state index is 12.7. The van der Waals surface area contributed by atoms with Crippen molar-refractivity contribution in [2.24, 2.45) is 0 Å². The fourth-order valence-corrected chi connectivity index (χ4v) is 4.24. The van der Waals surface area contributed by atoms with Crippen molar-refractivity contribution in [1.82, 2.24) is 9.55 Å². The molecular weight excluding hydrogens is 412 g/mol. The third kappa shape index (κ3) is 5.39. The molecule has 2 aromatic rings. The zero-order valence-corrected chi connectivity index (χ0v) is 19.8. The Morgan fingerprint density at radius 2 is 2.12 bits per heavy atom. The number of carbonyl (C=O) groups is 2. The first-order chi connectivity index (χ1) is 15.1. The van der Waals surface area contributed by atoms with Gasteiger partial charge in [-0.1, -0.05) is 0 Å². The van der Waals surface area contributed by atoms with Crippen LogP contribution in [0, 0.1) is 0 Å². The molecule has 0 bridgehead atoms. The molecule has 2 atom stereocenters. The first-order valence-corrected chi connectivity index (χ1v) is 11.0. The van der Waals surface area contributed by atoms with E-state index in [1.165, 1.54) is 14.0 Å². The summed E-state index contributed by atoms with van der Waals surface area (Å²) in [6, 6.07) is 2.02. The second-order valence-corrected chi connectivity index (χ2v) is 8.95. The highest BCUT2D eigenvalue weighted by Gasteiger charge is 2.28. The molecule has 0 radical (unpaired) electrons. The molecule has 0 spiro atoms. The monoisotopic (exact) mass is 446 g/mol. The predicted molar refractivity (Wildman–Crippen MR) is 123 cm³/mol. The van der Waals surface area contributed by atoms with E-state index in [0.29, 0.717) is 29.9 Å². The van der Waals surface area contributed by atoms with Crippen LogP contribution in [0.25, 0.3) is 11.0 Å². The summed E-state index contributed by atoms with van der Waals surface area (Å²) in [5.74, 6) is -0.811. The number of aromatic nitrogens is 2. The molecular formula is C23H34N4O5. The number of anilines is 2. The van der Waals surface area contributed by atoms with Crippen LogP contribution >= 0.6 is 0 Å². The third-order valence-corrected chi connectivity index (χ3v) is 5.75. The molecule has 0 aromatic carbocycles. The Labute approximate surface area is 188 Å². The predicted octanol–water partition coefficient (Wildman–Crippen LogP) is 3.58. The minimum atomic E-state index is -0.533. The van der Waals surface area contributed by atoms with E-state index in [4.69, 9.17) is 14.2 Å². The Morgan fingerprint density at radius 3 is 2.72 bits per heavy atom. The van der Waals surface area contributed by atoms with Crippen LogP contribution in [0.4, 0.5) is 11.4 Å². The maximum atomic E-state index is 12.7. The van der Waals surface area contributed by atoms with E-state index in [2.05, 4.69) is 22.5 Å². The Kier molecular flexibility index (Phi) is 7.40. The maximum Gasteiger partial charge on any atom is 0.356 e. The lowest BCUT2D eigenvalue weighted by Gasteiger charge is -2.27. The number of amides is 1. The van der Waals surface area contributed by atoms with Crippen LogP contribution in [-0.2, 0) is 25.5 Å². The minimum Gasteiger partial charge on any atom is -0.464 e. The number of pyridine rings is 1. The van der Waals surface area contributed by atoms with Crippen LogP contribution in [0.15, 0.2) is 12.3 Å². The summed E-state index contributed by atoms with van der Waals surface area (Å²) in [6.07, 6.45) is 4.39. The average Bonchev–Trinajstić information content (AvgIpc) is 3.34. The van der Waals surface area contributed by atoms with Crippen molar-refractivity contribution in [3.05, 3.63) is 18.0 Å². The number of methoxy groups -OCH3 is 2. The van der Waals surface area contributed by atoms with Crippen LogP contribution in [0.1, 0.15) is 57.4 Å². The van der Waals surface area contributed by atoms with Gasteiger partial charge in [0.25, 0.3) is 0 Å². The minimum absolute atomic E-state index is 0.0184. The molecule has 1 aliphatic heterocycles. The Balaban J connectivity index is 2.05. The standard InChI is InChI=1S/C23H34N4O5/c1-14(11-23(3,4)31-6)25-16-10-18-19(26-15(2)28)20(22(29)30-5)27(21(18)24-12-16)13-17-8-7-9-32-17/h10,12,14,17,25H,7-9,11,13H2,1-6H3,(H,26,28)/t14-,17-/m1/s1. The smallest absolute Gasteiger partial charge is 0.356 e. The molecule has 1 saturated heterocycles. The van der Waals surface area contributed by atoms with Crippen molar-refractivity contribution in [1.29, 1.82) is 0 Å². The number of rotatable bonds is 9. The van der Waals surface area contributed by atoms with Gasteiger partial charge in [0.2, 0.25) is 5.91 Å². The van der Waals surface area contributed by atoms with Gasteiger partial charge in [0, 0.05) is 32.1 Å². The molecule has 3 heterocycles. The molecule has 0 saturated carbocycles. The number of esters is 1. The zero-order valence-electron chi connectivity index (χ0n) is 19.8. The molecule has 1 fully saturated rings. The number of carbonyl (C=O) groups excluding carboxylic acids is 2. The molecule has 32 heavy (non-hydrogen) atoms. The SMILES string of the molecule is COC(=O)c1c(NC(C)=O)c2cc(N[C@H](C)CC(C)(C)OC)cnc2n1C[C@H]1CCCO1. The summed E-state index contributed by atoms with van der Waals surface area (Å²) in [6.45, 7) is 8.72. The molecule has 1 amide bonds. The second kappa shape index (κ2) is 9.87. The molecule has 0 unspecified atom stereocenters. The number of fused-ring (bicyclic) bond motifs is 1. The van der Waals surface area contributed by atoms with Crippen molar-refractivity contribution in [2.75, 3.05) is 31.5 Å². The number of hydrogen-bond acceptors (Lipinski definition) is 7. The van der Waals surface area contributed by atoms with Gasteiger partial charge >= 0.3 is 5.97 Å². The van der Waals surface area contributed by atoms with E-state index < -0.39 is 5.97 Å². The fraction of sp³-hybridized carbons (Fsp3) is 0.609. The summed E-state index contributed by atoms with van der Waals surface area (Å²) in [5, 5.41) is 6.93. The van der Waals surface area contributed by atoms with Crippen LogP contribution in [0.2, 0.25) is 0 Å². The summed E-state index contributed by atoms with van der Waals surface area (Å²) in [5.41, 5.74) is 1.78. The molecule has 1 aliphatic rings. The molecule has 3 rings (SSSR count). The van der Waals surface area contributed by atoms with E-state index in [9.17, 15) is 9.59 Å². The van der Waals surface area contributed by atoms with Gasteiger partial charge in [0.1, 0.15) is 5.65 Å². The van der Waals surface area contributed by atoms with Crippen LogP contribution in [0.3, 0.4) is 0 Å². The Morgan fingerprint density at radius 1 is 1.38 bits per heavy atom. The highest BCUT2D eigenvalue weighted by molar-refractivity contribution is 6.10.